The lowest BCUT2D eigenvalue weighted by molar-refractivity contribution is 0.0747. The summed E-state index contributed by atoms with van der Waals surface area (Å²) < 4.78 is 6.10. The van der Waals surface area contributed by atoms with Crippen LogP contribution in [-0.4, -0.2) is 33.6 Å². The highest BCUT2D eigenvalue weighted by atomic mass is 16.4. The molecule has 186 valence electrons. The highest BCUT2D eigenvalue weighted by molar-refractivity contribution is 5.97. The Morgan fingerprint density at radius 3 is 2.57 bits per heavy atom. The smallest absolute Gasteiger partial charge is 0.254 e. The van der Waals surface area contributed by atoms with E-state index in [2.05, 4.69) is 23.2 Å². The van der Waals surface area contributed by atoms with Crippen molar-refractivity contribution in [2.45, 2.75) is 44.7 Å². The van der Waals surface area contributed by atoms with Crippen LogP contribution in [0, 0.1) is 11.3 Å². The van der Waals surface area contributed by atoms with Crippen molar-refractivity contribution < 1.29 is 9.21 Å². The summed E-state index contributed by atoms with van der Waals surface area (Å²) in [6, 6.07) is 25.2. The summed E-state index contributed by atoms with van der Waals surface area (Å²) >= 11 is 0. The number of nitrogens with two attached hydrogens (primary N) is 1. The van der Waals surface area contributed by atoms with Gasteiger partial charge in [0.15, 0.2) is 0 Å². The molecule has 1 fully saturated rings. The highest BCUT2D eigenvalue weighted by Crippen LogP contribution is 2.32. The summed E-state index contributed by atoms with van der Waals surface area (Å²) in [4.78, 5) is 15.4. The summed E-state index contributed by atoms with van der Waals surface area (Å²) in [6.07, 6.45) is 2.50. The quantitative estimate of drug-likeness (QED) is 0.391. The SMILES string of the molecule is C[C@H]1CCCN1C(=O)c1cc(-c2nnc(C(C)(N)Cc3ccccc3)o2)cc(-c2ccccc2C#N)c1. The average Bonchev–Trinajstić information content (AvgIpc) is 3.58. The molecule has 1 unspecified atom stereocenters. The van der Waals surface area contributed by atoms with Crippen molar-refractivity contribution in [3.63, 3.8) is 0 Å². The van der Waals surface area contributed by atoms with Gasteiger partial charge in [-0.1, -0.05) is 48.5 Å². The van der Waals surface area contributed by atoms with Gasteiger partial charge < -0.3 is 15.1 Å². The molecule has 0 spiro atoms. The van der Waals surface area contributed by atoms with Crippen molar-refractivity contribution >= 4 is 5.91 Å². The molecule has 0 aliphatic carbocycles. The van der Waals surface area contributed by atoms with E-state index in [1.54, 1.807) is 12.1 Å². The fourth-order valence-electron chi connectivity index (χ4n) is 4.93. The van der Waals surface area contributed by atoms with Crippen molar-refractivity contribution in [1.82, 2.24) is 15.1 Å². The van der Waals surface area contributed by atoms with Crippen LogP contribution in [0.25, 0.3) is 22.6 Å². The van der Waals surface area contributed by atoms with Crippen LogP contribution in [0.5, 0.6) is 0 Å². The Labute approximate surface area is 216 Å². The van der Waals surface area contributed by atoms with E-state index in [1.165, 1.54) is 0 Å². The molecule has 4 aromatic rings. The number of nitrogens with zero attached hydrogens (tertiary/aromatic N) is 4. The first kappa shape index (κ1) is 24.4. The highest BCUT2D eigenvalue weighted by Gasteiger charge is 2.30. The first-order chi connectivity index (χ1) is 17.9. The fraction of sp³-hybridized carbons (Fsp3) is 0.267. The van der Waals surface area contributed by atoms with Crippen molar-refractivity contribution in [2.75, 3.05) is 6.54 Å². The molecule has 3 aromatic carbocycles. The van der Waals surface area contributed by atoms with Crippen molar-refractivity contribution in [3.8, 4) is 28.7 Å². The third-order valence-electron chi connectivity index (χ3n) is 6.93. The van der Waals surface area contributed by atoms with E-state index >= 15 is 0 Å². The Balaban J connectivity index is 1.56. The molecule has 37 heavy (non-hydrogen) atoms. The van der Waals surface area contributed by atoms with Crippen LogP contribution in [0.1, 0.15) is 54.1 Å². The predicted octanol–water partition coefficient (Wildman–Crippen LogP) is 5.32. The molecule has 1 aliphatic heterocycles. The van der Waals surface area contributed by atoms with Crippen molar-refractivity contribution in [1.29, 1.82) is 5.26 Å². The number of hydrogen-bond donors (Lipinski definition) is 1. The second kappa shape index (κ2) is 10.00. The number of rotatable bonds is 6. The summed E-state index contributed by atoms with van der Waals surface area (Å²) in [5.41, 5.74) is 9.93. The zero-order valence-corrected chi connectivity index (χ0v) is 21.0. The maximum absolute atomic E-state index is 13.5. The maximum atomic E-state index is 13.5. The standard InChI is InChI=1S/C30H29N5O2/c1-20-9-8-14-35(20)28(36)25-16-23(26-13-7-6-12-22(26)19-31)15-24(17-25)27-33-34-29(37-27)30(2,32)18-21-10-4-3-5-11-21/h3-7,10-13,15-17,20H,8-9,14,18,32H2,1-2H3/t20-,30?/m0/s1. The van der Waals surface area contributed by atoms with Gasteiger partial charge in [-0.05, 0) is 74.1 Å². The van der Waals surface area contributed by atoms with Gasteiger partial charge in [-0.3, -0.25) is 4.79 Å². The van der Waals surface area contributed by atoms with Crippen LogP contribution in [-0.2, 0) is 12.0 Å². The minimum Gasteiger partial charge on any atom is -0.419 e. The monoisotopic (exact) mass is 491 g/mol. The molecule has 0 bridgehead atoms. The molecular weight excluding hydrogens is 462 g/mol. The van der Waals surface area contributed by atoms with Gasteiger partial charge in [0.05, 0.1) is 17.2 Å². The summed E-state index contributed by atoms with van der Waals surface area (Å²) in [5.74, 6) is 0.546. The van der Waals surface area contributed by atoms with Gasteiger partial charge in [-0.25, -0.2) is 0 Å². The van der Waals surface area contributed by atoms with Crippen molar-refractivity contribution in [2.24, 2.45) is 5.73 Å². The molecule has 7 nitrogen and oxygen atoms in total. The lowest BCUT2D eigenvalue weighted by Crippen LogP contribution is -2.35. The Morgan fingerprint density at radius 2 is 1.84 bits per heavy atom. The van der Waals surface area contributed by atoms with Gasteiger partial charge in [0.2, 0.25) is 11.8 Å². The number of aromatic nitrogens is 2. The average molecular weight is 492 g/mol. The van der Waals surface area contributed by atoms with E-state index in [0.29, 0.717) is 29.0 Å². The van der Waals surface area contributed by atoms with Gasteiger partial charge in [-0.2, -0.15) is 5.26 Å². The molecule has 1 amide bonds. The number of benzene rings is 3. The Kier molecular flexibility index (Phi) is 6.60. The lowest BCUT2D eigenvalue weighted by atomic mass is 9.94. The Morgan fingerprint density at radius 1 is 1.11 bits per heavy atom. The minimum atomic E-state index is -0.874. The Hall–Kier alpha value is -4.28. The lowest BCUT2D eigenvalue weighted by Gasteiger charge is -2.22. The molecule has 1 saturated heterocycles. The van der Waals surface area contributed by atoms with Crippen LogP contribution in [0.2, 0.25) is 0 Å². The number of amides is 1. The zero-order valence-electron chi connectivity index (χ0n) is 21.0. The van der Waals surface area contributed by atoms with Crippen LogP contribution in [0.15, 0.2) is 77.2 Å². The molecule has 0 saturated carbocycles. The molecular formula is C30H29N5O2. The summed E-state index contributed by atoms with van der Waals surface area (Å²) in [5, 5.41) is 18.3. The first-order valence-electron chi connectivity index (χ1n) is 12.5. The van der Waals surface area contributed by atoms with Gasteiger partial charge in [0.1, 0.15) is 0 Å². The van der Waals surface area contributed by atoms with E-state index in [0.717, 1.165) is 36.1 Å². The molecule has 2 N–H and O–H groups in total. The van der Waals surface area contributed by atoms with Crippen LogP contribution in [0.3, 0.4) is 0 Å². The van der Waals surface area contributed by atoms with E-state index in [1.807, 2.05) is 72.5 Å². The van der Waals surface area contributed by atoms with E-state index in [4.69, 9.17) is 10.2 Å². The van der Waals surface area contributed by atoms with Gasteiger partial charge in [0, 0.05) is 23.7 Å². The normalized spacial score (nSPS) is 16.8. The largest absolute Gasteiger partial charge is 0.419 e. The number of carbonyl (C=O) groups excluding carboxylic acids is 1. The Bertz CT molecular complexity index is 1470. The summed E-state index contributed by atoms with van der Waals surface area (Å²) in [7, 11) is 0. The van der Waals surface area contributed by atoms with Crippen LogP contribution in [0.4, 0.5) is 0 Å². The molecule has 1 aliphatic rings. The fourth-order valence-corrected chi connectivity index (χ4v) is 4.93. The van der Waals surface area contributed by atoms with Crippen LogP contribution >= 0.6 is 0 Å². The molecule has 1 aromatic heterocycles. The first-order valence-corrected chi connectivity index (χ1v) is 12.5. The molecule has 2 atom stereocenters. The second-order valence-corrected chi connectivity index (χ2v) is 9.94. The van der Waals surface area contributed by atoms with Gasteiger partial charge >= 0.3 is 0 Å². The predicted molar refractivity (Wildman–Crippen MR) is 141 cm³/mol. The topological polar surface area (TPSA) is 109 Å². The third kappa shape index (κ3) is 5.02. The maximum Gasteiger partial charge on any atom is 0.254 e. The minimum absolute atomic E-state index is 0.0463. The second-order valence-electron chi connectivity index (χ2n) is 9.94. The van der Waals surface area contributed by atoms with E-state index in [9.17, 15) is 10.1 Å². The van der Waals surface area contributed by atoms with E-state index < -0.39 is 5.54 Å². The van der Waals surface area contributed by atoms with Crippen LogP contribution < -0.4 is 5.73 Å². The van der Waals surface area contributed by atoms with E-state index in [-0.39, 0.29) is 17.8 Å². The number of hydrogen-bond acceptors (Lipinski definition) is 6. The third-order valence-corrected chi connectivity index (χ3v) is 6.93. The van der Waals surface area contributed by atoms with Gasteiger partial charge in [-0.15, -0.1) is 10.2 Å². The summed E-state index contributed by atoms with van der Waals surface area (Å²) in [6.45, 7) is 4.66. The molecule has 5 rings (SSSR count). The molecule has 2 heterocycles. The number of likely N-dealkylation sites (tertiary alicyclic amines) is 1. The molecule has 7 heteroatoms. The van der Waals surface area contributed by atoms with Gasteiger partial charge in [0.25, 0.3) is 5.91 Å². The zero-order chi connectivity index (χ0) is 26.0. The van der Waals surface area contributed by atoms with Crippen molar-refractivity contribution in [3.05, 3.63) is 95.4 Å². The molecule has 0 radical (unpaired) electrons. The number of nitriles is 1. The number of carbonyl (C=O) groups is 1.